The first-order chi connectivity index (χ1) is 6.50. The molecule has 0 bridgehead atoms. The highest BCUT2D eigenvalue weighted by Crippen LogP contribution is 2.25. The lowest BCUT2D eigenvalue weighted by molar-refractivity contribution is -0.137. The van der Waals surface area contributed by atoms with Gasteiger partial charge in [-0.1, -0.05) is 29.3 Å². The predicted octanol–water partition coefficient (Wildman–Crippen LogP) is 2.47. The normalized spacial score (nSPS) is 12.5. The van der Waals surface area contributed by atoms with E-state index in [4.69, 9.17) is 34.0 Å². The quantitative estimate of drug-likeness (QED) is 0.844. The van der Waals surface area contributed by atoms with Crippen LogP contribution in [0.3, 0.4) is 0 Å². The van der Waals surface area contributed by atoms with Gasteiger partial charge in [0.2, 0.25) is 0 Å². The van der Waals surface area contributed by atoms with E-state index in [-0.39, 0.29) is 6.42 Å². The maximum atomic E-state index is 10.4. The van der Waals surface area contributed by atoms with Crippen LogP contribution in [0, 0.1) is 0 Å². The third kappa shape index (κ3) is 2.87. The van der Waals surface area contributed by atoms with Crippen molar-refractivity contribution in [2.45, 2.75) is 12.5 Å². The van der Waals surface area contributed by atoms with Gasteiger partial charge in [-0.05, 0) is 17.7 Å². The lowest BCUT2D eigenvalue weighted by Crippen LogP contribution is -2.14. The van der Waals surface area contributed by atoms with Gasteiger partial charge in [-0.3, -0.25) is 4.79 Å². The van der Waals surface area contributed by atoms with Crippen LogP contribution in [0.15, 0.2) is 18.2 Å². The summed E-state index contributed by atoms with van der Waals surface area (Å²) in [7, 11) is 0. The summed E-state index contributed by atoms with van der Waals surface area (Å²) >= 11 is 11.5. The van der Waals surface area contributed by atoms with E-state index in [1.165, 1.54) is 0 Å². The Morgan fingerprint density at radius 1 is 1.43 bits per heavy atom. The molecule has 0 heterocycles. The van der Waals surface area contributed by atoms with Gasteiger partial charge in [0.15, 0.2) is 0 Å². The van der Waals surface area contributed by atoms with E-state index < -0.39 is 12.0 Å². The summed E-state index contributed by atoms with van der Waals surface area (Å²) in [5, 5.41) is 9.34. The van der Waals surface area contributed by atoms with E-state index in [2.05, 4.69) is 0 Å². The lowest BCUT2D eigenvalue weighted by Gasteiger charge is -2.09. The Balaban J connectivity index is 2.85. The predicted molar refractivity (Wildman–Crippen MR) is 55.6 cm³/mol. The molecule has 1 aromatic rings. The molecule has 1 atom stereocenters. The second-order valence-electron chi connectivity index (χ2n) is 2.88. The van der Waals surface area contributed by atoms with Crippen molar-refractivity contribution in [3.63, 3.8) is 0 Å². The third-order valence-corrected chi connectivity index (χ3v) is 2.51. The summed E-state index contributed by atoms with van der Waals surface area (Å²) in [6.07, 6.45) is -0.127. The molecule has 1 rings (SSSR count). The summed E-state index contributed by atoms with van der Waals surface area (Å²) in [4.78, 5) is 10.4. The standard InChI is InChI=1S/C9H9Cl2NO2/c10-6-2-1-5(3-7(6)11)8(12)4-9(13)14/h1-3,8H,4,12H2,(H,13,14)/t8-/m0/s1. The van der Waals surface area contributed by atoms with Gasteiger partial charge in [-0.15, -0.1) is 0 Å². The number of aliphatic carboxylic acids is 1. The van der Waals surface area contributed by atoms with Gasteiger partial charge >= 0.3 is 5.97 Å². The number of hydrogen-bond acceptors (Lipinski definition) is 2. The maximum absolute atomic E-state index is 10.4. The van der Waals surface area contributed by atoms with Gasteiger partial charge in [0.05, 0.1) is 16.5 Å². The number of carboxylic acid groups (broad SMARTS) is 1. The van der Waals surface area contributed by atoms with E-state index in [0.717, 1.165) is 0 Å². The fraction of sp³-hybridized carbons (Fsp3) is 0.222. The minimum Gasteiger partial charge on any atom is -0.481 e. The summed E-state index contributed by atoms with van der Waals surface area (Å²) < 4.78 is 0. The molecular formula is C9H9Cl2NO2. The maximum Gasteiger partial charge on any atom is 0.305 e. The van der Waals surface area contributed by atoms with Crippen molar-refractivity contribution >= 4 is 29.2 Å². The Labute approximate surface area is 91.4 Å². The van der Waals surface area contributed by atoms with Crippen molar-refractivity contribution in [2.24, 2.45) is 5.73 Å². The Hall–Kier alpha value is -0.770. The molecule has 3 nitrogen and oxygen atoms in total. The highest BCUT2D eigenvalue weighted by molar-refractivity contribution is 6.42. The van der Waals surface area contributed by atoms with Crippen LogP contribution in [-0.4, -0.2) is 11.1 Å². The molecule has 76 valence electrons. The van der Waals surface area contributed by atoms with Gasteiger partial charge in [0.1, 0.15) is 0 Å². The summed E-state index contributed by atoms with van der Waals surface area (Å²) in [6.45, 7) is 0. The molecule has 5 heteroatoms. The monoisotopic (exact) mass is 233 g/mol. The number of nitrogens with two attached hydrogens (primary N) is 1. The molecule has 0 aromatic heterocycles. The second kappa shape index (κ2) is 4.64. The van der Waals surface area contributed by atoms with E-state index in [0.29, 0.717) is 15.6 Å². The molecule has 0 aliphatic rings. The van der Waals surface area contributed by atoms with Crippen LogP contribution in [-0.2, 0) is 4.79 Å². The van der Waals surface area contributed by atoms with E-state index in [9.17, 15) is 4.79 Å². The van der Waals surface area contributed by atoms with Crippen LogP contribution >= 0.6 is 23.2 Å². The lowest BCUT2D eigenvalue weighted by atomic mass is 10.1. The van der Waals surface area contributed by atoms with Crippen molar-refractivity contribution in [3.8, 4) is 0 Å². The average molecular weight is 234 g/mol. The molecule has 0 saturated carbocycles. The molecule has 0 unspecified atom stereocenters. The SMILES string of the molecule is N[C@@H](CC(=O)O)c1ccc(Cl)c(Cl)c1. The third-order valence-electron chi connectivity index (χ3n) is 1.77. The van der Waals surface area contributed by atoms with Crippen molar-refractivity contribution < 1.29 is 9.90 Å². The van der Waals surface area contributed by atoms with Crippen molar-refractivity contribution in [3.05, 3.63) is 33.8 Å². The summed E-state index contributed by atoms with van der Waals surface area (Å²) in [5.41, 5.74) is 6.30. The number of benzene rings is 1. The Kier molecular flexibility index (Phi) is 3.75. The zero-order chi connectivity index (χ0) is 10.7. The molecular weight excluding hydrogens is 225 g/mol. The van der Waals surface area contributed by atoms with Crippen LogP contribution < -0.4 is 5.73 Å². The number of carbonyl (C=O) groups is 1. The average Bonchev–Trinajstić information content (AvgIpc) is 2.08. The minimum atomic E-state index is -0.941. The van der Waals surface area contributed by atoms with Crippen LogP contribution in [0.1, 0.15) is 18.0 Å². The second-order valence-corrected chi connectivity index (χ2v) is 3.69. The molecule has 0 aliphatic heterocycles. The van der Waals surface area contributed by atoms with Crippen molar-refractivity contribution in [1.82, 2.24) is 0 Å². The largest absolute Gasteiger partial charge is 0.481 e. The van der Waals surface area contributed by atoms with E-state index >= 15 is 0 Å². The molecule has 0 spiro atoms. The van der Waals surface area contributed by atoms with Crippen LogP contribution in [0.2, 0.25) is 10.0 Å². The summed E-state index contributed by atoms with van der Waals surface area (Å²) in [5.74, 6) is -0.941. The van der Waals surface area contributed by atoms with Gasteiger partial charge < -0.3 is 10.8 Å². The molecule has 1 aromatic carbocycles. The smallest absolute Gasteiger partial charge is 0.305 e. The molecule has 0 radical (unpaired) electrons. The fourth-order valence-corrected chi connectivity index (χ4v) is 1.36. The number of rotatable bonds is 3. The Bertz CT molecular complexity index is 355. The van der Waals surface area contributed by atoms with Crippen LogP contribution in [0.25, 0.3) is 0 Å². The number of hydrogen-bond donors (Lipinski definition) is 2. The topological polar surface area (TPSA) is 63.3 Å². The van der Waals surface area contributed by atoms with Gasteiger partial charge in [0.25, 0.3) is 0 Å². The minimum absolute atomic E-state index is 0.127. The highest BCUT2D eigenvalue weighted by Gasteiger charge is 2.11. The zero-order valence-electron chi connectivity index (χ0n) is 7.21. The van der Waals surface area contributed by atoms with E-state index in [1.807, 2.05) is 0 Å². The molecule has 0 saturated heterocycles. The Morgan fingerprint density at radius 2 is 2.07 bits per heavy atom. The van der Waals surface area contributed by atoms with Gasteiger partial charge in [-0.25, -0.2) is 0 Å². The van der Waals surface area contributed by atoms with Crippen molar-refractivity contribution in [1.29, 1.82) is 0 Å². The fourth-order valence-electron chi connectivity index (χ4n) is 1.05. The first-order valence-corrected chi connectivity index (χ1v) is 4.68. The molecule has 3 N–H and O–H groups in total. The number of halogens is 2. The number of carboxylic acids is 1. The summed E-state index contributed by atoms with van der Waals surface area (Å²) in [6, 6.07) is 4.29. The van der Waals surface area contributed by atoms with Crippen LogP contribution in [0.5, 0.6) is 0 Å². The molecule has 14 heavy (non-hydrogen) atoms. The van der Waals surface area contributed by atoms with Crippen LogP contribution in [0.4, 0.5) is 0 Å². The van der Waals surface area contributed by atoms with E-state index in [1.54, 1.807) is 18.2 Å². The molecule has 0 aliphatic carbocycles. The molecule has 0 fully saturated rings. The molecule has 0 amide bonds. The zero-order valence-corrected chi connectivity index (χ0v) is 8.72. The Morgan fingerprint density at radius 3 is 2.57 bits per heavy atom. The van der Waals surface area contributed by atoms with Gasteiger partial charge in [-0.2, -0.15) is 0 Å². The first-order valence-electron chi connectivity index (χ1n) is 3.93. The highest BCUT2D eigenvalue weighted by atomic mass is 35.5. The first kappa shape index (κ1) is 11.3. The van der Waals surface area contributed by atoms with Crippen molar-refractivity contribution in [2.75, 3.05) is 0 Å². The van der Waals surface area contributed by atoms with Gasteiger partial charge in [0, 0.05) is 6.04 Å².